The van der Waals surface area contributed by atoms with Crippen LogP contribution < -0.4 is 10.9 Å². The molecule has 2 aromatic rings. The van der Waals surface area contributed by atoms with Gasteiger partial charge in [-0.05, 0) is 43.9 Å². The first-order chi connectivity index (χ1) is 14.0. The van der Waals surface area contributed by atoms with Crippen LogP contribution in [-0.4, -0.2) is 34.4 Å². The van der Waals surface area contributed by atoms with Crippen LogP contribution in [0.4, 0.5) is 5.69 Å². The number of likely N-dealkylation sites (tertiary alicyclic amines) is 1. The Hall–Kier alpha value is -2.89. The number of piperidine rings is 1. The van der Waals surface area contributed by atoms with Gasteiger partial charge in [-0.2, -0.15) is 0 Å². The molecule has 2 aliphatic rings. The van der Waals surface area contributed by atoms with E-state index in [9.17, 15) is 14.4 Å². The van der Waals surface area contributed by atoms with Crippen molar-refractivity contribution in [1.29, 1.82) is 0 Å². The number of nitrogens with zero attached hydrogens (tertiary/aromatic N) is 2. The largest absolute Gasteiger partial charge is 0.342 e. The van der Waals surface area contributed by atoms with E-state index in [1.165, 1.54) is 0 Å². The summed E-state index contributed by atoms with van der Waals surface area (Å²) in [6.07, 6.45) is 2.28. The standard InChI is InChI=1S/C23H27N3O3/c1-16-8-10-19(11-9-16)24-21(27)5-3-6-22(28)25-13-17-12-18(15-25)20-4-2-7-23(29)26(20)14-17/h2,4,7-11,17-18H,3,5-6,12-15H2,1H3,(H,24,27)/t17-,18+/m1/s1. The predicted molar refractivity (Wildman–Crippen MR) is 112 cm³/mol. The highest BCUT2D eigenvalue weighted by Crippen LogP contribution is 2.35. The maximum atomic E-state index is 12.7. The lowest BCUT2D eigenvalue weighted by Crippen LogP contribution is -2.49. The minimum Gasteiger partial charge on any atom is -0.342 e. The van der Waals surface area contributed by atoms with Crippen LogP contribution in [0.3, 0.4) is 0 Å². The summed E-state index contributed by atoms with van der Waals surface area (Å²) in [7, 11) is 0. The van der Waals surface area contributed by atoms with Crippen molar-refractivity contribution < 1.29 is 9.59 Å². The third kappa shape index (κ3) is 4.42. The zero-order valence-corrected chi connectivity index (χ0v) is 16.8. The second kappa shape index (κ2) is 8.23. The van der Waals surface area contributed by atoms with Gasteiger partial charge in [-0.25, -0.2) is 0 Å². The molecule has 0 unspecified atom stereocenters. The van der Waals surface area contributed by atoms with Crippen LogP contribution in [0.5, 0.6) is 0 Å². The van der Waals surface area contributed by atoms with Crippen molar-refractivity contribution in [3.63, 3.8) is 0 Å². The van der Waals surface area contributed by atoms with E-state index in [4.69, 9.17) is 0 Å². The van der Waals surface area contributed by atoms with E-state index in [1.807, 2.05) is 52.8 Å². The molecule has 3 heterocycles. The van der Waals surface area contributed by atoms with Gasteiger partial charge >= 0.3 is 0 Å². The number of amides is 2. The lowest BCUT2D eigenvalue weighted by Gasteiger charge is -2.42. The van der Waals surface area contributed by atoms with E-state index in [0.717, 1.165) is 23.4 Å². The second-order valence-electron chi connectivity index (χ2n) is 8.26. The van der Waals surface area contributed by atoms with Crippen LogP contribution in [0.2, 0.25) is 0 Å². The number of anilines is 1. The van der Waals surface area contributed by atoms with Crippen molar-refractivity contribution in [3.8, 4) is 0 Å². The maximum absolute atomic E-state index is 12.7. The monoisotopic (exact) mass is 393 g/mol. The van der Waals surface area contributed by atoms with Crippen molar-refractivity contribution in [3.05, 3.63) is 64.1 Å². The molecule has 1 saturated heterocycles. The Balaban J connectivity index is 1.28. The number of fused-ring (bicyclic) bond motifs is 4. The third-order valence-electron chi connectivity index (χ3n) is 5.96. The number of hydrogen-bond donors (Lipinski definition) is 1. The number of pyridine rings is 1. The minimum absolute atomic E-state index is 0.0524. The Bertz CT molecular complexity index is 964. The summed E-state index contributed by atoms with van der Waals surface area (Å²) in [5.41, 5.74) is 3.03. The fourth-order valence-corrected chi connectivity index (χ4v) is 4.52. The SMILES string of the molecule is Cc1ccc(NC(=O)CCCC(=O)N2C[C@H]3C[C@@H](C2)c2cccc(=O)n2C3)cc1. The van der Waals surface area contributed by atoms with Crippen molar-refractivity contribution in [2.45, 2.75) is 45.1 Å². The van der Waals surface area contributed by atoms with Gasteiger partial charge in [-0.15, -0.1) is 0 Å². The van der Waals surface area contributed by atoms with Gasteiger partial charge < -0.3 is 14.8 Å². The summed E-state index contributed by atoms with van der Waals surface area (Å²) in [4.78, 5) is 38.9. The van der Waals surface area contributed by atoms with Gasteiger partial charge in [0.1, 0.15) is 0 Å². The minimum atomic E-state index is -0.0644. The second-order valence-corrected chi connectivity index (χ2v) is 8.26. The number of nitrogens with one attached hydrogen (secondary N) is 1. The highest BCUT2D eigenvalue weighted by Gasteiger charge is 2.35. The highest BCUT2D eigenvalue weighted by atomic mass is 16.2. The zero-order chi connectivity index (χ0) is 20.4. The van der Waals surface area contributed by atoms with Crippen molar-refractivity contribution in [2.24, 2.45) is 5.92 Å². The van der Waals surface area contributed by atoms with E-state index >= 15 is 0 Å². The number of carbonyl (C=O) groups excluding carboxylic acids is 2. The molecule has 0 spiro atoms. The summed E-state index contributed by atoms with van der Waals surface area (Å²) in [5, 5.41) is 2.87. The summed E-state index contributed by atoms with van der Waals surface area (Å²) in [6.45, 7) is 4.05. The molecule has 6 nitrogen and oxygen atoms in total. The van der Waals surface area contributed by atoms with Gasteiger partial charge in [0.05, 0.1) is 0 Å². The average Bonchev–Trinajstić information content (AvgIpc) is 2.70. The normalized spacial score (nSPS) is 20.1. The molecule has 0 saturated carbocycles. The Morgan fingerprint density at radius 2 is 1.83 bits per heavy atom. The Morgan fingerprint density at radius 1 is 1.03 bits per heavy atom. The van der Waals surface area contributed by atoms with E-state index in [-0.39, 0.29) is 23.3 Å². The highest BCUT2D eigenvalue weighted by molar-refractivity contribution is 5.91. The van der Waals surface area contributed by atoms with Crippen LogP contribution in [0.25, 0.3) is 0 Å². The van der Waals surface area contributed by atoms with Crippen molar-refractivity contribution in [2.75, 3.05) is 18.4 Å². The summed E-state index contributed by atoms with van der Waals surface area (Å²) >= 11 is 0. The van der Waals surface area contributed by atoms with E-state index in [2.05, 4.69) is 5.32 Å². The quantitative estimate of drug-likeness (QED) is 0.849. The smallest absolute Gasteiger partial charge is 0.250 e. The van der Waals surface area contributed by atoms with Gasteiger partial charge in [0, 0.05) is 55.8 Å². The molecule has 1 aromatic heterocycles. The van der Waals surface area contributed by atoms with Gasteiger partial charge in [-0.1, -0.05) is 23.8 Å². The van der Waals surface area contributed by atoms with Crippen molar-refractivity contribution in [1.82, 2.24) is 9.47 Å². The van der Waals surface area contributed by atoms with E-state index < -0.39 is 0 Å². The molecule has 2 amide bonds. The van der Waals surface area contributed by atoms with Crippen LogP contribution in [0.1, 0.15) is 42.9 Å². The van der Waals surface area contributed by atoms with E-state index in [0.29, 0.717) is 44.8 Å². The fraction of sp³-hybridized carbons (Fsp3) is 0.435. The lowest BCUT2D eigenvalue weighted by molar-refractivity contribution is -0.134. The molecule has 4 rings (SSSR count). The van der Waals surface area contributed by atoms with Gasteiger partial charge in [-0.3, -0.25) is 14.4 Å². The molecular formula is C23H27N3O3. The third-order valence-corrected chi connectivity index (χ3v) is 5.96. The number of aryl methyl sites for hydroxylation is 1. The number of benzene rings is 1. The Kier molecular flexibility index (Phi) is 5.51. The molecular weight excluding hydrogens is 366 g/mol. The molecule has 152 valence electrons. The van der Waals surface area contributed by atoms with Gasteiger partial charge in [0.2, 0.25) is 11.8 Å². The molecule has 6 heteroatoms. The Morgan fingerprint density at radius 3 is 2.62 bits per heavy atom. The Labute approximate surface area is 170 Å². The molecule has 2 bridgehead atoms. The molecule has 29 heavy (non-hydrogen) atoms. The van der Waals surface area contributed by atoms with Crippen LogP contribution in [0.15, 0.2) is 47.3 Å². The summed E-state index contributed by atoms with van der Waals surface area (Å²) in [6, 6.07) is 13.1. The molecule has 0 aliphatic carbocycles. The van der Waals surface area contributed by atoms with Crippen LogP contribution in [-0.2, 0) is 16.1 Å². The lowest BCUT2D eigenvalue weighted by atomic mass is 9.83. The molecule has 1 N–H and O–H groups in total. The maximum Gasteiger partial charge on any atom is 0.250 e. The topological polar surface area (TPSA) is 71.4 Å². The number of carbonyl (C=O) groups is 2. The number of aromatic nitrogens is 1. The summed E-state index contributed by atoms with van der Waals surface area (Å²) in [5.74, 6) is 0.598. The van der Waals surface area contributed by atoms with E-state index in [1.54, 1.807) is 6.07 Å². The molecule has 0 radical (unpaired) electrons. The van der Waals surface area contributed by atoms with Gasteiger partial charge in [0.25, 0.3) is 5.56 Å². The van der Waals surface area contributed by atoms with Gasteiger partial charge in [0.15, 0.2) is 0 Å². The summed E-state index contributed by atoms with van der Waals surface area (Å²) < 4.78 is 1.87. The van der Waals surface area contributed by atoms with Crippen molar-refractivity contribution >= 4 is 17.5 Å². The molecule has 1 aromatic carbocycles. The first-order valence-corrected chi connectivity index (χ1v) is 10.3. The zero-order valence-electron chi connectivity index (χ0n) is 16.8. The predicted octanol–water partition coefficient (Wildman–Crippen LogP) is 2.91. The number of hydrogen-bond acceptors (Lipinski definition) is 3. The molecule has 1 fully saturated rings. The molecule has 2 aliphatic heterocycles. The fourth-order valence-electron chi connectivity index (χ4n) is 4.52. The first-order valence-electron chi connectivity index (χ1n) is 10.3. The molecule has 2 atom stereocenters. The van der Waals surface area contributed by atoms with Crippen LogP contribution >= 0.6 is 0 Å². The first kappa shape index (κ1) is 19.4. The van der Waals surface area contributed by atoms with Crippen LogP contribution in [0, 0.1) is 12.8 Å². The average molecular weight is 393 g/mol. The number of rotatable bonds is 5.